The maximum atomic E-state index is 14.4. The van der Waals surface area contributed by atoms with Crippen molar-refractivity contribution in [3.05, 3.63) is 66.2 Å². The number of amides is 4. The number of aliphatic hydroxyl groups excluding tert-OH is 1. The molecule has 3 aromatic rings. The standard InChI is InChI=1S/C39H55N5O6/c1-27-24-44(28(2)26-45)38(47)33-23-31(40-37(46)18-12-21-42(4)5)19-20-35(33)50-29(3)13-9-10-22-49-36(27)25-43(6)39(48)41-34-17-11-15-30-14-7-8-16-32(30)34/h7-8,11,14-17,19-20,23,27-29,36,45H,9-10,12-13,18,21-22,24-26H2,1-6H3,(H,40,46)(H,41,48)/t27-,28+,29-,36-/m1/s1. The Morgan fingerprint density at radius 3 is 2.54 bits per heavy atom. The third-order valence-electron chi connectivity index (χ3n) is 9.18. The van der Waals surface area contributed by atoms with E-state index >= 15 is 0 Å². The van der Waals surface area contributed by atoms with Crippen LogP contribution in [0.5, 0.6) is 5.75 Å². The molecule has 0 aliphatic carbocycles. The molecule has 4 amide bonds. The summed E-state index contributed by atoms with van der Waals surface area (Å²) in [4.78, 5) is 45.9. The summed E-state index contributed by atoms with van der Waals surface area (Å²) in [6.45, 7) is 7.39. The summed E-state index contributed by atoms with van der Waals surface area (Å²) < 4.78 is 12.7. The average molecular weight is 690 g/mol. The van der Waals surface area contributed by atoms with E-state index in [0.717, 1.165) is 42.3 Å². The maximum absolute atomic E-state index is 14.4. The first-order chi connectivity index (χ1) is 24.0. The minimum absolute atomic E-state index is 0.128. The Labute approximate surface area is 296 Å². The van der Waals surface area contributed by atoms with E-state index < -0.39 is 6.04 Å². The number of benzene rings is 3. The van der Waals surface area contributed by atoms with Gasteiger partial charge in [0.1, 0.15) is 5.75 Å². The number of nitrogens with zero attached hydrogens (tertiary/aromatic N) is 3. The van der Waals surface area contributed by atoms with E-state index in [-0.39, 0.29) is 49.1 Å². The Bertz CT molecular complexity index is 1580. The molecule has 3 aromatic carbocycles. The van der Waals surface area contributed by atoms with E-state index in [1.54, 1.807) is 42.0 Å². The fourth-order valence-electron chi connectivity index (χ4n) is 6.14. The molecule has 11 heteroatoms. The number of likely N-dealkylation sites (N-methyl/N-ethyl adjacent to an activating group) is 1. The van der Waals surface area contributed by atoms with E-state index in [2.05, 4.69) is 10.6 Å². The summed E-state index contributed by atoms with van der Waals surface area (Å²) >= 11 is 0. The van der Waals surface area contributed by atoms with E-state index in [0.29, 0.717) is 43.0 Å². The van der Waals surface area contributed by atoms with Crippen LogP contribution < -0.4 is 15.4 Å². The Balaban J connectivity index is 1.56. The lowest BCUT2D eigenvalue weighted by Gasteiger charge is -2.35. The number of hydrogen-bond acceptors (Lipinski definition) is 7. The summed E-state index contributed by atoms with van der Waals surface area (Å²) in [7, 11) is 5.68. The molecule has 4 rings (SSSR count). The van der Waals surface area contributed by atoms with Crippen LogP contribution in [0.4, 0.5) is 16.2 Å². The molecule has 0 saturated heterocycles. The van der Waals surface area contributed by atoms with Crippen LogP contribution in [0.1, 0.15) is 63.2 Å². The van der Waals surface area contributed by atoms with E-state index in [1.165, 1.54) is 0 Å². The molecular formula is C39H55N5O6. The van der Waals surface area contributed by atoms with Gasteiger partial charge in [0.05, 0.1) is 36.1 Å². The van der Waals surface area contributed by atoms with Gasteiger partial charge in [-0.1, -0.05) is 43.3 Å². The Kier molecular flexibility index (Phi) is 14.4. The van der Waals surface area contributed by atoms with Crippen molar-refractivity contribution in [2.24, 2.45) is 5.92 Å². The number of hydrogen-bond donors (Lipinski definition) is 3. The van der Waals surface area contributed by atoms with Crippen LogP contribution in [0.2, 0.25) is 0 Å². The van der Waals surface area contributed by atoms with Crippen molar-refractivity contribution in [1.82, 2.24) is 14.7 Å². The Morgan fingerprint density at radius 1 is 1.02 bits per heavy atom. The van der Waals surface area contributed by atoms with Gasteiger partial charge in [-0.25, -0.2) is 4.79 Å². The molecule has 3 N–H and O–H groups in total. The molecule has 0 fully saturated rings. The molecular weight excluding hydrogens is 634 g/mol. The molecule has 0 bridgehead atoms. The molecule has 0 spiro atoms. The second-order valence-electron chi connectivity index (χ2n) is 13.8. The average Bonchev–Trinajstić information content (AvgIpc) is 3.09. The summed E-state index contributed by atoms with van der Waals surface area (Å²) in [6, 6.07) is 18.1. The molecule has 0 unspecified atom stereocenters. The Hall–Kier alpha value is -4.19. The van der Waals surface area contributed by atoms with E-state index in [9.17, 15) is 19.5 Å². The number of urea groups is 1. The number of carbonyl (C=O) groups excluding carboxylic acids is 3. The molecule has 0 saturated carbocycles. The smallest absolute Gasteiger partial charge is 0.321 e. The van der Waals surface area contributed by atoms with E-state index in [4.69, 9.17) is 9.47 Å². The van der Waals surface area contributed by atoms with Gasteiger partial charge in [0.15, 0.2) is 0 Å². The summed E-state index contributed by atoms with van der Waals surface area (Å²) in [5.74, 6) is -0.212. The first kappa shape index (κ1) is 38.6. The van der Waals surface area contributed by atoms with Crippen LogP contribution in [-0.2, 0) is 9.53 Å². The maximum Gasteiger partial charge on any atom is 0.321 e. The minimum Gasteiger partial charge on any atom is -0.490 e. The molecule has 272 valence electrons. The number of nitrogens with one attached hydrogen (secondary N) is 2. The van der Waals surface area contributed by atoms with Crippen molar-refractivity contribution in [2.45, 2.75) is 71.1 Å². The molecule has 1 aliphatic rings. The van der Waals surface area contributed by atoms with Crippen molar-refractivity contribution in [3.8, 4) is 5.75 Å². The van der Waals surface area contributed by atoms with Crippen molar-refractivity contribution in [3.63, 3.8) is 0 Å². The van der Waals surface area contributed by atoms with Gasteiger partial charge < -0.3 is 39.9 Å². The highest BCUT2D eigenvalue weighted by atomic mass is 16.5. The predicted molar refractivity (Wildman–Crippen MR) is 199 cm³/mol. The van der Waals surface area contributed by atoms with Crippen LogP contribution in [0.15, 0.2) is 60.7 Å². The lowest BCUT2D eigenvalue weighted by atomic mass is 10.0. The quantitative estimate of drug-likeness (QED) is 0.236. The number of aliphatic hydroxyl groups is 1. The van der Waals surface area contributed by atoms with Crippen LogP contribution in [0.3, 0.4) is 0 Å². The monoisotopic (exact) mass is 689 g/mol. The zero-order chi connectivity index (χ0) is 36.2. The van der Waals surface area contributed by atoms with Crippen LogP contribution >= 0.6 is 0 Å². The molecule has 4 atom stereocenters. The highest BCUT2D eigenvalue weighted by molar-refractivity contribution is 6.02. The van der Waals surface area contributed by atoms with Gasteiger partial charge in [-0.2, -0.15) is 0 Å². The highest BCUT2D eigenvalue weighted by Gasteiger charge is 2.31. The number of carbonyl (C=O) groups is 3. The van der Waals surface area contributed by atoms with E-state index in [1.807, 2.05) is 75.3 Å². The zero-order valence-electron chi connectivity index (χ0n) is 30.5. The van der Waals surface area contributed by atoms with Gasteiger partial charge in [-0.05, 0) is 89.8 Å². The number of rotatable bonds is 10. The second kappa shape index (κ2) is 18.7. The first-order valence-electron chi connectivity index (χ1n) is 17.7. The summed E-state index contributed by atoms with van der Waals surface area (Å²) in [5.41, 5.74) is 1.55. The highest BCUT2D eigenvalue weighted by Crippen LogP contribution is 2.29. The van der Waals surface area contributed by atoms with Gasteiger partial charge in [0.2, 0.25) is 5.91 Å². The predicted octanol–water partition coefficient (Wildman–Crippen LogP) is 6.08. The summed E-state index contributed by atoms with van der Waals surface area (Å²) in [5, 5.41) is 18.3. The van der Waals surface area contributed by atoms with Crippen LogP contribution in [0.25, 0.3) is 10.8 Å². The molecule has 1 heterocycles. The van der Waals surface area contributed by atoms with Gasteiger partial charge >= 0.3 is 6.03 Å². The SMILES string of the molecule is C[C@@H]1CCCCO[C@H](CN(C)C(=O)Nc2cccc3ccccc23)[C@H](C)CN([C@@H](C)CO)C(=O)c2cc(NC(=O)CCCN(C)C)ccc2O1. The van der Waals surface area contributed by atoms with Crippen molar-refractivity contribution < 1.29 is 29.0 Å². The number of anilines is 2. The third kappa shape index (κ3) is 10.9. The molecule has 50 heavy (non-hydrogen) atoms. The van der Waals surface area contributed by atoms with Crippen LogP contribution in [-0.4, -0.2) is 110 Å². The van der Waals surface area contributed by atoms with Crippen molar-refractivity contribution in [2.75, 3.05) is 64.6 Å². The largest absolute Gasteiger partial charge is 0.490 e. The molecule has 0 aromatic heterocycles. The Morgan fingerprint density at radius 2 is 1.78 bits per heavy atom. The first-order valence-corrected chi connectivity index (χ1v) is 17.7. The molecule has 0 radical (unpaired) electrons. The lowest BCUT2D eigenvalue weighted by molar-refractivity contribution is -0.116. The van der Waals surface area contributed by atoms with Crippen LogP contribution in [0, 0.1) is 5.92 Å². The topological polar surface area (TPSA) is 124 Å². The van der Waals surface area contributed by atoms with Gasteiger partial charge in [0, 0.05) is 50.2 Å². The van der Waals surface area contributed by atoms with Gasteiger partial charge in [-0.15, -0.1) is 0 Å². The molecule has 11 nitrogen and oxygen atoms in total. The minimum atomic E-state index is -0.513. The van der Waals surface area contributed by atoms with Crippen molar-refractivity contribution in [1.29, 1.82) is 0 Å². The summed E-state index contributed by atoms with van der Waals surface area (Å²) in [6.07, 6.45) is 2.94. The van der Waals surface area contributed by atoms with Gasteiger partial charge in [-0.3, -0.25) is 9.59 Å². The number of ether oxygens (including phenoxy) is 2. The lowest BCUT2D eigenvalue weighted by Crippen LogP contribution is -2.48. The fraction of sp³-hybridized carbons (Fsp3) is 0.513. The zero-order valence-corrected chi connectivity index (χ0v) is 30.5. The second-order valence-corrected chi connectivity index (χ2v) is 13.8. The fourth-order valence-corrected chi connectivity index (χ4v) is 6.14. The normalized spacial score (nSPS) is 19.6. The van der Waals surface area contributed by atoms with Gasteiger partial charge in [0.25, 0.3) is 5.91 Å². The number of fused-ring (bicyclic) bond motifs is 2. The molecule has 1 aliphatic heterocycles. The van der Waals surface area contributed by atoms with Crippen molar-refractivity contribution >= 4 is 40.0 Å². The third-order valence-corrected chi connectivity index (χ3v) is 9.18.